The summed E-state index contributed by atoms with van der Waals surface area (Å²) in [6.07, 6.45) is 0.672. The van der Waals surface area contributed by atoms with Crippen LogP contribution in [0.25, 0.3) is 0 Å². The van der Waals surface area contributed by atoms with E-state index >= 15 is 0 Å². The average molecular weight is 255 g/mol. The molecule has 17 heavy (non-hydrogen) atoms. The summed E-state index contributed by atoms with van der Waals surface area (Å²) in [5, 5.41) is 9.62. The molecule has 0 spiro atoms. The number of hydrogen-bond donors (Lipinski definition) is 0. The predicted octanol–water partition coefficient (Wildman–Crippen LogP) is 3.63. The lowest BCUT2D eigenvalue weighted by Gasteiger charge is -2.28. The Bertz CT molecular complexity index is 426. The highest BCUT2D eigenvalue weighted by Gasteiger charge is 2.26. The number of nitrogens with zero attached hydrogens (tertiary/aromatic N) is 2. The molecule has 4 heteroatoms. The molecule has 0 N–H and O–H groups in total. The van der Waals surface area contributed by atoms with Crippen molar-refractivity contribution in [3.63, 3.8) is 0 Å². The van der Waals surface area contributed by atoms with E-state index in [9.17, 15) is 4.39 Å². The van der Waals surface area contributed by atoms with Crippen LogP contribution in [0.1, 0.15) is 24.9 Å². The molecule has 0 heterocycles. The van der Waals surface area contributed by atoms with E-state index in [4.69, 9.17) is 16.9 Å². The topological polar surface area (TPSA) is 27.0 Å². The van der Waals surface area contributed by atoms with Gasteiger partial charge in [0.1, 0.15) is 5.82 Å². The molecule has 1 aromatic carbocycles. The van der Waals surface area contributed by atoms with Crippen molar-refractivity contribution in [2.24, 2.45) is 5.92 Å². The minimum absolute atomic E-state index is 0.252. The van der Waals surface area contributed by atoms with Crippen molar-refractivity contribution in [2.45, 2.75) is 19.4 Å². The van der Waals surface area contributed by atoms with E-state index < -0.39 is 0 Å². The number of nitriles is 1. The summed E-state index contributed by atoms with van der Waals surface area (Å²) >= 11 is 5.89. The molecule has 0 amide bonds. The van der Waals surface area contributed by atoms with Gasteiger partial charge in [-0.15, -0.1) is 0 Å². The van der Waals surface area contributed by atoms with E-state index in [1.807, 2.05) is 25.9 Å². The summed E-state index contributed by atoms with van der Waals surface area (Å²) in [6, 6.07) is 6.41. The molecule has 0 fully saturated rings. The molecule has 0 aromatic heterocycles. The third-order valence-corrected chi connectivity index (χ3v) is 3.05. The van der Waals surface area contributed by atoms with E-state index in [0.29, 0.717) is 17.0 Å². The molecule has 1 rings (SSSR count). The van der Waals surface area contributed by atoms with Gasteiger partial charge in [-0.2, -0.15) is 5.26 Å². The van der Waals surface area contributed by atoms with Crippen molar-refractivity contribution in [3.05, 3.63) is 34.6 Å². The minimum atomic E-state index is -0.318. The van der Waals surface area contributed by atoms with Crippen LogP contribution >= 0.6 is 11.6 Å². The smallest absolute Gasteiger partial charge is 0.128 e. The summed E-state index contributed by atoms with van der Waals surface area (Å²) in [7, 11) is 3.68. The van der Waals surface area contributed by atoms with E-state index in [1.165, 1.54) is 12.1 Å². The normalized spacial score (nSPS) is 14.4. The van der Waals surface area contributed by atoms with Crippen molar-refractivity contribution in [1.29, 1.82) is 5.26 Å². The van der Waals surface area contributed by atoms with Crippen LogP contribution < -0.4 is 0 Å². The third kappa shape index (κ3) is 3.18. The molecule has 0 aliphatic rings. The van der Waals surface area contributed by atoms with Gasteiger partial charge < -0.3 is 4.90 Å². The van der Waals surface area contributed by atoms with Crippen molar-refractivity contribution in [2.75, 3.05) is 14.1 Å². The molecule has 0 bridgehead atoms. The van der Waals surface area contributed by atoms with Gasteiger partial charge in [-0.1, -0.05) is 18.5 Å². The molecule has 0 radical (unpaired) electrons. The highest BCUT2D eigenvalue weighted by atomic mass is 35.5. The SMILES string of the molecule is CCC(C#N)C(c1cc(Cl)ccc1F)N(C)C. The molecule has 2 atom stereocenters. The number of rotatable bonds is 4. The fourth-order valence-corrected chi connectivity index (χ4v) is 2.16. The van der Waals surface area contributed by atoms with Gasteiger partial charge >= 0.3 is 0 Å². The van der Waals surface area contributed by atoms with Crippen LogP contribution in [-0.4, -0.2) is 19.0 Å². The van der Waals surface area contributed by atoms with E-state index in [1.54, 1.807) is 6.07 Å². The lowest BCUT2D eigenvalue weighted by Crippen LogP contribution is -2.27. The first-order chi connectivity index (χ1) is 8.01. The first-order valence-electron chi connectivity index (χ1n) is 5.52. The predicted molar refractivity (Wildman–Crippen MR) is 67.2 cm³/mol. The Labute approximate surface area is 107 Å². The largest absolute Gasteiger partial charge is 0.301 e. The van der Waals surface area contributed by atoms with Crippen LogP contribution in [0.2, 0.25) is 5.02 Å². The van der Waals surface area contributed by atoms with E-state index in [-0.39, 0.29) is 17.8 Å². The Hall–Kier alpha value is -1.11. The monoisotopic (exact) mass is 254 g/mol. The van der Waals surface area contributed by atoms with Crippen molar-refractivity contribution < 1.29 is 4.39 Å². The van der Waals surface area contributed by atoms with Crippen LogP contribution in [-0.2, 0) is 0 Å². The van der Waals surface area contributed by atoms with Crippen molar-refractivity contribution in [3.8, 4) is 6.07 Å². The van der Waals surface area contributed by atoms with Gasteiger partial charge in [0, 0.05) is 10.6 Å². The first-order valence-corrected chi connectivity index (χ1v) is 5.90. The van der Waals surface area contributed by atoms with Gasteiger partial charge in [-0.3, -0.25) is 0 Å². The Kier molecular flexibility index (Phi) is 4.92. The molecule has 0 aliphatic heterocycles. The zero-order valence-electron chi connectivity index (χ0n) is 10.2. The molecule has 0 saturated heterocycles. The Morgan fingerprint density at radius 2 is 2.12 bits per heavy atom. The average Bonchev–Trinajstić information content (AvgIpc) is 2.29. The van der Waals surface area contributed by atoms with E-state index in [2.05, 4.69) is 6.07 Å². The molecule has 2 unspecified atom stereocenters. The van der Waals surface area contributed by atoms with Crippen LogP contribution in [0, 0.1) is 23.1 Å². The third-order valence-electron chi connectivity index (χ3n) is 2.82. The van der Waals surface area contributed by atoms with Gasteiger partial charge in [0.15, 0.2) is 0 Å². The Balaban J connectivity index is 3.23. The summed E-state index contributed by atoms with van der Waals surface area (Å²) in [5.74, 6) is -0.570. The second-order valence-electron chi connectivity index (χ2n) is 4.22. The maximum atomic E-state index is 13.8. The second-order valence-corrected chi connectivity index (χ2v) is 4.65. The molecule has 0 saturated carbocycles. The highest BCUT2D eigenvalue weighted by Crippen LogP contribution is 2.32. The van der Waals surface area contributed by atoms with Gasteiger partial charge in [0.05, 0.1) is 18.0 Å². The molecular weight excluding hydrogens is 239 g/mol. The molecular formula is C13H16ClFN2. The molecule has 2 nitrogen and oxygen atoms in total. The number of hydrogen-bond acceptors (Lipinski definition) is 2. The maximum Gasteiger partial charge on any atom is 0.128 e. The summed E-state index contributed by atoms with van der Waals surface area (Å²) in [6.45, 7) is 1.92. The van der Waals surface area contributed by atoms with Crippen LogP contribution in [0.3, 0.4) is 0 Å². The first kappa shape index (κ1) is 14.0. The minimum Gasteiger partial charge on any atom is -0.301 e. The van der Waals surface area contributed by atoms with Crippen molar-refractivity contribution in [1.82, 2.24) is 4.90 Å². The summed E-state index contributed by atoms with van der Waals surface area (Å²) in [4.78, 5) is 1.85. The zero-order chi connectivity index (χ0) is 13.0. The number of halogens is 2. The Morgan fingerprint density at radius 1 is 1.47 bits per heavy atom. The lowest BCUT2D eigenvalue weighted by molar-refractivity contribution is 0.235. The molecule has 0 aliphatic carbocycles. The summed E-state index contributed by atoms with van der Waals surface area (Å²) in [5.41, 5.74) is 0.482. The van der Waals surface area contributed by atoms with Crippen LogP contribution in [0.15, 0.2) is 18.2 Å². The number of benzene rings is 1. The fraction of sp³-hybridized carbons (Fsp3) is 0.462. The summed E-state index contributed by atoms with van der Waals surface area (Å²) < 4.78 is 13.8. The van der Waals surface area contributed by atoms with Crippen LogP contribution in [0.5, 0.6) is 0 Å². The van der Waals surface area contributed by atoms with Crippen molar-refractivity contribution >= 4 is 11.6 Å². The fourth-order valence-electron chi connectivity index (χ4n) is 1.98. The molecule has 1 aromatic rings. The van der Waals surface area contributed by atoms with E-state index in [0.717, 1.165) is 0 Å². The van der Waals surface area contributed by atoms with Gasteiger partial charge in [-0.05, 0) is 38.7 Å². The van der Waals surface area contributed by atoms with Gasteiger partial charge in [-0.25, -0.2) is 4.39 Å². The molecule has 92 valence electrons. The highest BCUT2D eigenvalue weighted by molar-refractivity contribution is 6.30. The zero-order valence-corrected chi connectivity index (χ0v) is 11.0. The van der Waals surface area contributed by atoms with Gasteiger partial charge in [0.25, 0.3) is 0 Å². The van der Waals surface area contributed by atoms with Gasteiger partial charge in [0.2, 0.25) is 0 Å². The lowest BCUT2D eigenvalue weighted by atomic mass is 9.91. The quantitative estimate of drug-likeness (QED) is 0.820. The Morgan fingerprint density at radius 3 is 2.59 bits per heavy atom. The second kappa shape index (κ2) is 6.00. The standard InChI is InChI=1S/C13H16ClFN2/c1-4-9(8-16)13(17(2)3)11-7-10(14)5-6-12(11)15/h5-7,9,13H,4H2,1-3H3. The maximum absolute atomic E-state index is 13.8. The van der Waals surface area contributed by atoms with Crippen LogP contribution in [0.4, 0.5) is 4.39 Å².